The molecule has 4 N–H and O–H groups in total. The molecule has 0 saturated heterocycles. The number of hydrogen-bond acceptors (Lipinski definition) is 4. The number of benzene rings is 1. The normalized spacial score (nSPS) is 14.5. The third kappa shape index (κ3) is 6.62. The molecule has 0 saturated carbocycles. The molecule has 0 spiro atoms. The van der Waals surface area contributed by atoms with E-state index in [1.165, 1.54) is 7.05 Å². The molecule has 0 radical (unpaired) electrons. The van der Waals surface area contributed by atoms with Gasteiger partial charge in [0.2, 0.25) is 0 Å². The van der Waals surface area contributed by atoms with Crippen molar-refractivity contribution < 1.29 is 23.4 Å². The van der Waals surface area contributed by atoms with Gasteiger partial charge in [0.1, 0.15) is 5.72 Å². The average Bonchev–Trinajstić information content (AvgIpc) is 2.53. The fraction of sp³-hybridized carbons (Fsp3) is 0.562. The predicted octanol–water partition coefficient (Wildman–Crippen LogP) is 0.998. The van der Waals surface area contributed by atoms with E-state index in [9.17, 15) is 18.3 Å². The summed E-state index contributed by atoms with van der Waals surface area (Å²) in [4.78, 5) is 10.7. The first kappa shape index (κ1) is 21.4. The molecule has 0 aliphatic rings. The Kier molecular flexibility index (Phi) is 7.81. The third-order valence-electron chi connectivity index (χ3n) is 3.67. The number of nitrogens with one attached hydrogen (secondary N) is 2. The van der Waals surface area contributed by atoms with Crippen molar-refractivity contribution in [2.24, 2.45) is 5.92 Å². The van der Waals surface area contributed by atoms with Gasteiger partial charge >= 0.3 is 6.09 Å². The number of carboxylic acid groups (broad SMARTS) is 1. The highest BCUT2D eigenvalue weighted by Gasteiger charge is 2.41. The van der Waals surface area contributed by atoms with E-state index in [4.69, 9.17) is 5.11 Å². The van der Waals surface area contributed by atoms with Crippen LogP contribution in [-0.2, 0) is 16.6 Å². The first-order valence-corrected chi connectivity index (χ1v) is 9.49. The summed E-state index contributed by atoms with van der Waals surface area (Å²) in [6, 6.07) is 8.99. The van der Waals surface area contributed by atoms with Gasteiger partial charge < -0.3 is 15.5 Å². The molecule has 0 bridgehead atoms. The largest absolute Gasteiger partial charge is 0.465 e. The van der Waals surface area contributed by atoms with Crippen LogP contribution < -0.4 is 10.0 Å². The summed E-state index contributed by atoms with van der Waals surface area (Å²) >= 11 is 0. The van der Waals surface area contributed by atoms with Crippen LogP contribution in [0.5, 0.6) is 0 Å². The molecule has 25 heavy (non-hydrogen) atoms. The van der Waals surface area contributed by atoms with Crippen molar-refractivity contribution in [3.63, 3.8) is 0 Å². The van der Waals surface area contributed by atoms with E-state index >= 15 is 0 Å². The van der Waals surface area contributed by atoms with E-state index in [2.05, 4.69) is 10.0 Å². The maximum atomic E-state index is 12.5. The molecule has 9 heteroatoms. The summed E-state index contributed by atoms with van der Waals surface area (Å²) in [5.74, 6) is -0.0298. The maximum Gasteiger partial charge on any atom is 0.404 e. The Balaban J connectivity index is 3.21. The Morgan fingerprint density at radius 1 is 1.28 bits per heavy atom. The van der Waals surface area contributed by atoms with Crippen LogP contribution in [0.2, 0.25) is 0 Å². The van der Waals surface area contributed by atoms with Gasteiger partial charge in [-0.25, -0.2) is 9.52 Å². The highest BCUT2D eigenvalue weighted by molar-refractivity contribution is 7.87. The maximum absolute atomic E-state index is 12.5. The zero-order chi connectivity index (χ0) is 19.1. The zero-order valence-corrected chi connectivity index (χ0v) is 15.6. The molecule has 0 fully saturated rings. The van der Waals surface area contributed by atoms with Crippen molar-refractivity contribution in [1.29, 1.82) is 0 Å². The quantitative estimate of drug-likeness (QED) is 0.456. The van der Waals surface area contributed by atoms with Crippen LogP contribution in [0.25, 0.3) is 0 Å². The highest BCUT2D eigenvalue weighted by Crippen LogP contribution is 2.26. The Morgan fingerprint density at radius 3 is 2.36 bits per heavy atom. The Morgan fingerprint density at radius 2 is 1.88 bits per heavy atom. The predicted molar refractivity (Wildman–Crippen MR) is 95.3 cm³/mol. The second-order valence-electron chi connectivity index (χ2n) is 6.26. The molecule has 0 heterocycles. The van der Waals surface area contributed by atoms with Gasteiger partial charge in [-0.1, -0.05) is 44.2 Å². The minimum absolute atomic E-state index is 0.0298. The molecule has 0 aliphatic heterocycles. The summed E-state index contributed by atoms with van der Waals surface area (Å²) < 4.78 is 28.2. The standard InChI is InChI=1S/C16H27N3O5S/c1-13(2)12-19(25(23,24)17-3)16(22,9-10-18-15(20)21)11-14-7-5-4-6-8-14/h4-8,13,17-18,22H,9-12H2,1-3H3,(H,20,21). The van der Waals surface area contributed by atoms with Gasteiger partial charge in [0.25, 0.3) is 10.2 Å². The number of carbonyl (C=O) groups is 1. The summed E-state index contributed by atoms with van der Waals surface area (Å²) in [6.45, 7) is 3.71. The lowest BCUT2D eigenvalue weighted by Gasteiger charge is -2.39. The number of hydrogen-bond donors (Lipinski definition) is 4. The van der Waals surface area contributed by atoms with Gasteiger partial charge in [-0.2, -0.15) is 12.7 Å². The topological polar surface area (TPSA) is 119 Å². The summed E-state index contributed by atoms with van der Waals surface area (Å²) in [5, 5.41) is 22.2. The SMILES string of the molecule is CNS(=O)(=O)N(CC(C)C)C(O)(CCNC(=O)O)Cc1ccccc1. The van der Waals surface area contributed by atoms with Gasteiger partial charge in [0, 0.05) is 33.0 Å². The zero-order valence-electron chi connectivity index (χ0n) is 14.8. The fourth-order valence-corrected chi connectivity index (χ4v) is 3.85. The fourth-order valence-electron chi connectivity index (χ4n) is 2.53. The van der Waals surface area contributed by atoms with Gasteiger partial charge in [0.15, 0.2) is 0 Å². The van der Waals surface area contributed by atoms with Crippen molar-refractivity contribution in [2.75, 3.05) is 20.1 Å². The molecule has 1 amide bonds. The first-order chi connectivity index (χ1) is 11.6. The van der Waals surface area contributed by atoms with E-state index in [0.717, 1.165) is 9.87 Å². The van der Waals surface area contributed by atoms with E-state index < -0.39 is 22.0 Å². The van der Waals surface area contributed by atoms with Crippen LogP contribution >= 0.6 is 0 Å². The molecular formula is C16H27N3O5S. The van der Waals surface area contributed by atoms with Crippen molar-refractivity contribution >= 4 is 16.3 Å². The number of nitrogens with zero attached hydrogens (tertiary/aromatic N) is 1. The van der Waals surface area contributed by atoms with Crippen LogP contribution in [-0.4, -0.2) is 54.9 Å². The van der Waals surface area contributed by atoms with Crippen LogP contribution in [0.4, 0.5) is 4.79 Å². The second kappa shape index (κ2) is 9.14. The molecule has 8 nitrogen and oxygen atoms in total. The molecule has 1 aromatic rings. The summed E-state index contributed by atoms with van der Waals surface area (Å²) in [5.41, 5.74) is -1.02. The van der Waals surface area contributed by atoms with Crippen LogP contribution in [0.15, 0.2) is 30.3 Å². The lowest BCUT2D eigenvalue weighted by molar-refractivity contribution is -0.0706. The minimum atomic E-state index is -3.93. The number of aliphatic hydroxyl groups is 1. The van der Waals surface area contributed by atoms with Crippen molar-refractivity contribution in [1.82, 2.24) is 14.3 Å². The smallest absolute Gasteiger partial charge is 0.404 e. The van der Waals surface area contributed by atoms with Gasteiger partial charge in [-0.15, -0.1) is 0 Å². The molecular weight excluding hydrogens is 346 g/mol. The van der Waals surface area contributed by atoms with Crippen molar-refractivity contribution in [3.8, 4) is 0 Å². The lowest BCUT2D eigenvalue weighted by Crippen LogP contribution is -2.58. The number of amides is 1. The van der Waals surface area contributed by atoms with E-state index in [1.54, 1.807) is 24.3 Å². The van der Waals surface area contributed by atoms with E-state index in [1.807, 2.05) is 19.9 Å². The molecule has 0 aliphatic carbocycles. The monoisotopic (exact) mass is 373 g/mol. The van der Waals surface area contributed by atoms with E-state index in [0.29, 0.717) is 0 Å². The molecule has 1 atom stereocenters. The molecule has 1 unspecified atom stereocenters. The molecule has 0 aromatic heterocycles. The lowest BCUT2D eigenvalue weighted by atomic mass is 9.98. The van der Waals surface area contributed by atoms with Gasteiger partial charge in [-0.3, -0.25) is 0 Å². The Labute approximate surface area is 149 Å². The number of rotatable bonds is 10. The van der Waals surface area contributed by atoms with Crippen molar-refractivity contribution in [2.45, 2.75) is 32.4 Å². The van der Waals surface area contributed by atoms with E-state index in [-0.39, 0.29) is 31.8 Å². The average molecular weight is 373 g/mol. The van der Waals surface area contributed by atoms with Crippen LogP contribution in [0.1, 0.15) is 25.8 Å². The third-order valence-corrected chi connectivity index (χ3v) is 5.26. The van der Waals surface area contributed by atoms with Gasteiger partial charge in [-0.05, 0) is 11.5 Å². The minimum Gasteiger partial charge on any atom is -0.465 e. The summed E-state index contributed by atoms with van der Waals surface area (Å²) in [7, 11) is -2.65. The summed E-state index contributed by atoms with van der Waals surface area (Å²) in [6.07, 6.45) is -1.26. The molecule has 142 valence electrons. The van der Waals surface area contributed by atoms with Crippen LogP contribution in [0, 0.1) is 5.92 Å². The molecule has 1 aromatic carbocycles. The van der Waals surface area contributed by atoms with Gasteiger partial charge in [0.05, 0.1) is 0 Å². The molecule has 1 rings (SSSR count). The first-order valence-electron chi connectivity index (χ1n) is 8.05. The Bertz CT molecular complexity index is 651. The second-order valence-corrected chi connectivity index (χ2v) is 8.06. The van der Waals surface area contributed by atoms with Crippen LogP contribution in [0.3, 0.4) is 0 Å². The van der Waals surface area contributed by atoms with Crippen molar-refractivity contribution in [3.05, 3.63) is 35.9 Å². The highest BCUT2D eigenvalue weighted by atomic mass is 32.2. The Hall–Kier alpha value is -1.68.